The van der Waals surface area contributed by atoms with Crippen LogP contribution in [0, 0.1) is 0 Å². The quantitative estimate of drug-likeness (QED) is 0.696. The zero-order chi connectivity index (χ0) is 16.4. The fourth-order valence-corrected chi connectivity index (χ4v) is 3.49. The molecule has 0 bridgehead atoms. The Morgan fingerprint density at radius 3 is 2.83 bits per heavy atom. The summed E-state index contributed by atoms with van der Waals surface area (Å²) in [6.07, 6.45) is 11.6. The third-order valence-electron chi connectivity index (χ3n) is 4.32. The Morgan fingerprint density at radius 1 is 1.17 bits per heavy atom. The van der Waals surface area contributed by atoms with E-state index in [0.717, 1.165) is 27.4 Å². The highest BCUT2D eigenvalue weighted by Gasteiger charge is 2.16. The highest BCUT2D eigenvalue weighted by atomic mass is 79.9. The zero-order valence-corrected chi connectivity index (χ0v) is 14.8. The Hall–Kier alpha value is -2.15. The van der Waals surface area contributed by atoms with Gasteiger partial charge in [0.1, 0.15) is 11.6 Å². The second-order valence-corrected chi connectivity index (χ2v) is 6.95. The molecule has 1 aliphatic carbocycles. The van der Waals surface area contributed by atoms with Crippen LogP contribution in [0.3, 0.4) is 0 Å². The number of hydrogen-bond donors (Lipinski definition) is 2. The second-order valence-electron chi connectivity index (χ2n) is 6.10. The molecule has 0 aliphatic heterocycles. The summed E-state index contributed by atoms with van der Waals surface area (Å²) in [4.78, 5) is 8.87. The number of halogens is 1. The van der Waals surface area contributed by atoms with Crippen LogP contribution in [0.15, 0.2) is 41.3 Å². The first-order valence-corrected chi connectivity index (χ1v) is 9.07. The van der Waals surface area contributed by atoms with Gasteiger partial charge in [-0.25, -0.2) is 4.98 Å². The molecule has 0 saturated heterocycles. The Labute approximate surface area is 148 Å². The molecule has 124 valence electrons. The van der Waals surface area contributed by atoms with Crippen LogP contribution in [-0.2, 0) is 0 Å². The van der Waals surface area contributed by atoms with Gasteiger partial charge in [-0.1, -0.05) is 19.3 Å². The van der Waals surface area contributed by atoms with Crippen molar-refractivity contribution in [1.82, 2.24) is 19.6 Å². The molecule has 3 aromatic heterocycles. The van der Waals surface area contributed by atoms with E-state index in [2.05, 4.69) is 36.6 Å². The van der Waals surface area contributed by atoms with Crippen molar-refractivity contribution in [3.63, 3.8) is 0 Å². The van der Waals surface area contributed by atoms with Crippen LogP contribution in [0.1, 0.15) is 32.1 Å². The molecule has 24 heavy (non-hydrogen) atoms. The van der Waals surface area contributed by atoms with E-state index in [9.17, 15) is 0 Å². The van der Waals surface area contributed by atoms with Gasteiger partial charge in [-0.2, -0.15) is 9.61 Å². The van der Waals surface area contributed by atoms with Gasteiger partial charge in [-0.3, -0.25) is 4.98 Å². The predicted octanol–water partition coefficient (Wildman–Crippen LogP) is 4.38. The number of aromatic nitrogens is 4. The number of anilines is 3. The molecular weight excluding hydrogens is 368 g/mol. The summed E-state index contributed by atoms with van der Waals surface area (Å²) in [7, 11) is 0. The highest BCUT2D eigenvalue weighted by molar-refractivity contribution is 9.10. The number of rotatable bonds is 4. The molecule has 1 saturated carbocycles. The molecule has 7 heteroatoms. The molecular formula is C17H19BrN6. The van der Waals surface area contributed by atoms with Crippen LogP contribution in [0.25, 0.3) is 5.65 Å². The normalized spacial score (nSPS) is 15.5. The van der Waals surface area contributed by atoms with E-state index in [0.29, 0.717) is 6.04 Å². The van der Waals surface area contributed by atoms with Gasteiger partial charge in [0, 0.05) is 18.3 Å². The summed E-state index contributed by atoms with van der Waals surface area (Å²) in [5, 5.41) is 11.4. The van der Waals surface area contributed by atoms with Gasteiger partial charge in [0.2, 0.25) is 0 Å². The first-order valence-electron chi connectivity index (χ1n) is 8.27. The van der Waals surface area contributed by atoms with Gasteiger partial charge < -0.3 is 10.6 Å². The van der Waals surface area contributed by atoms with E-state index in [-0.39, 0.29) is 0 Å². The number of hydrogen-bond acceptors (Lipinski definition) is 5. The van der Waals surface area contributed by atoms with Crippen LogP contribution in [0.5, 0.6) is 0 Å². The maximum absolute atomic E-state index is 4.72. The number of fused-ring (bicyclic) bond motifs is 1. The molecule has 0 unspecified atom stereocenters. The average Bonchev–Trinajstić information content (AvgIpc) is 2.98. The lowest BCUT2D eigenvalue weighted by Gasteiger charge is -2.23. The topological polar surface area (TPSA) is 67.1 Å². The van der Waals surface area contributed by atoms with Gasteiger partial charge >= 0.3 is 0 Å². The summed E-state index contributed by atoms with van der Waals surface area (Å²) < 4.78 is 2.67. The molecule has 6 nitrogen and oxygen atoms in total. The fraction of sp³-hybridized carbons (Fsp3) is 0.353. The van der Waals surface area contributed by atoms with Gasteiger partial charge in [0.15, 0.2) is 5.65 Å². The highest BCUT2D eigenvalue weighted by Crippen LogP contribution is 2.27. The molecule has 0 aromatic carbocycles. The molecule has 0 atom stereocenters. The molecule has 0 spiro atoms. The van der Waals surface area contributed by atoms with Gasteiger partial charge in [0.25, 0.3) is 0 Å². The van der Waals surface area contributed by atoms with Crippen LogP contribution in [0.2, 0.25) is 0 Å². The lowest BCUT2D eigenvalue weighted by Crippen LogP contribution is -2.23. The number of pyridine rings is 1. The summed E-state index contributed by atoms with van der Waals surface area (Å²) in [6, 6.07) is 6.39. The minimum Gasteiger partial charge on any atom is -0.367 e. The van der Waals surface area contributed by atoms with Gasteiger partial charge in [-0.15, -0.1) is 0 Å². The van der Waals surface area contributed by atoms with Crippen molar-refractivity contribution < 1.29 is 0 Å². The third-order valence-corrected chi connectivity index (χ3v) is 4.88. The minimum atomic E-state index is 0.502. The summed E-state index contributed by atoms with van der Waals surface area (Å²) in [5.74, 6) is 1.74. The van der Waals surface area contributed by atoms with Crippen molar-refractivity contribution >= 4 is 38.9 Å². The molecule has 0 radical (unpaired) electrons. The number of nitrogens with one attached hydrogen (secondary N) is 2. The van der Waals surface area contributed by atoms with Gasteiger partial charge in [-0.05, 0) is 40.9 Å². The molecule has 4 rings (SSSR count). The van der Waals surface area contributed by atoms with Crippen molar-refractivity contribution in [3.8, 4) is 0 Å². The average molecular weight is 387 g/mol. The number of nitrogens with zero attached hydrogens (tertiary/aromatic N) is 4. The Balaban J connectivity index is 1.68. The first kappa shape index (κ1) is 15.4. The van der Waals surface area contributed by atoms with Crippen LogP contribution in [-0.4, -0.2) is 25.6 Å². The molecule has 1 aliphatic rings. The van der Waals surface area contributed by atoms with Crippen LogP contribution >= 0.6 is 15.9 Å². The van der Waals surface area contributed by atoms with Crippen LogP contribution < -0.4 is 10.6 Å². The third kappa shape index (κ3) is 3.21. The van der Waals surface area contributed by atoms with Crippen molar-refractivity contribution in [3.05, 3.63) is 41.3 Å². The monoisotopic (exact) mass is 386 g/mol. The molecule has 3 aromatic rings. The predicted molar refractivity (Wildman–Crippen MR) is 98.7 cm³/mol. The Kier molecular flexibility index (Phi) is 4.34. The largest absolute Gasteiger partial charge is 0.367 e. The fourth-order valence-electron chi connectivity index (χ4n) is 3.14. The molecule has 1 fully saturated rings. The minimum absolute atomic E-state index is 0.502. The lowest BCUT2D eigenvalue weighted by atomic mass is 9.95. The maximum Gasteiger partial charge on any atom is 0.173 e. The van der Waals surface area contributed by atoms with Crippen molar-refractivity contribution in [1.29, 1.82) is 0 Å². The van der Waals surface area contributed by atoms with Crippen molar-refractivity contribution in [2.24, 2.45) is 0 Å². The zero-order valence-electron chi connectivity index (χ0n) is 13.2. The van der Waals surface area contributed by atoms with Crippen molar-refractivity contribution in [2.75, 3.05) is 10.6 Å². The molecule has 3 heterocycles. The molecule has 0 amide bonds. The second kappa shape index (κ2) is 6.76. The van der Waals surface area contributed by atoms with E-state index in [1.807, 2.05) is 18.2 Å². The van der Waals surface area contributed by atoms with Crippen molar-refractivity contribution in [2.45, 2.75) is 38.1 Å². The smallest absolute Gasteiger partial charge is 0.173 e. The van der Waals surface area contributed by atoms with E-state index in [1.165, 1.54) is 32.1 Å². The summed E-state index contributed by atoms with van der Waals surface area (Å²) in [6.45, 7) is 0. The van der Waals surface area contributed by atoms with E-state index in [4.69, 9.17) is 4.98 Å². The lowest BCUT2D eigenvalue weighted by molar-refractivity contribution is 0.462. The Bertz CT molecular complexity index is 826. The van der Waals surface area contributed by atoms with Gasteiger partial charge in [0.05, 0.1) is 22.6 Å². The first-order chi connectivity index (χ1) is 11.8. The maximum atomic E-state index is 4.72. The van der Waals surface area contributed by atoms with E-state index >= 15 is 0 Å². The summed E-state index contributed by atoms with van der Waals surface area (Å²) in [5.41, 5.74) is 1.71. The molecule has 2 N–H and O–H groups in total. The summed E-state index contributed by atoms with van der Waals surface area (Å²) >= 11 is 3.53. The SMILES string of the molecule is Brc1cnn2c(Nc3cccnc3)cc(NC3CCCCC3)nc12. The Morgan fingerprint density at radius 2 is 2.04 bits per heavy atom. The van der Waals surface area contributed by atoms with E-state index < -0.39 is 0 Å². The van der Waals surface area contributed by atoms with Crippen LogP contribution in [0.4, 0.5) is 17.3 Å². The standard InChI is InChI=1S/C17H19BrN6/c18-14-11-20-24-16(22-13-7-4-8-19-10-13)9-15(23-17(14)24)21-12-5-2-1-3-6-12/h4,7-12,22H,1-3,5-6H2,(H,21,23). The van der Waals surface area contributed by atoms with E-state index in [1.54, 1.807) is 23.1 Å².